The molecule has 1 amide bonds. The van der Waals surface area contributed by atoms with Crippen molar-refractivity contribution in [2.45, 2.75) is 19.6 Å². The number of nitrogens with zero attached hydrogens (tertiary/aromatic N) is 1. The maximum absolute atomic E-state index is 12.8. The molecule has 1 fully saturated rings. The van der Waals surface area contributed by atoms with Crippen LogP contribution >= 0.6 is 24.0 Å². The van der Waals surface area contributed by atoms with Crippen LogP contribution in [-0.2, 0) is 20.9 Å². The van der Waals surface area contributed by atoms with Crippen LogP contribution in [0, 0.1) is 0 Å². The Bertz CT molecular complexity index is 927. The Morgan fingerprint density at radius 3 is 2.57 bits per heavy atom. The fourth-order valence-electron chi connectivity index (χ4n) is 2.70. The number of benzene rings is 2. The largest absolute Gasteiger partial charge is 0.488 e. The second-order valence-electron chi connectivity index (χ2n) is 6.06. The van der Waals surface area contributed by atoms with Crippen LogP contribution in [0.3, 0.4) is 0 Å². The van der Waals surface area contributed by atoms with Gasteiger partial charge in [-0.3, -0.25) is 9.69 Å². The maximum atomic E-state index is 12.8. The zero-order valence-corrected chi connectivity index (χ0v) is 17.1. The summed E-state index contributed by atoms with van der Waals surface area (Å²) in [6, 6.07) is 16.5. The lowest BCUT2D eigenvalue weighted by Gasteiger charge is -2.20. The molecule has 7 heteroatoms. The number of carbonyl (C=O) groups is 2. The van der Waals surface area contributed by atoms with E-state index in [2.05, 4.69) is 0 Å². The minimum Gasteiger partial charge on any atom is -0.488 e. The molecule has 0 unspecified atom stereocenters. The number of esters is 1. The fourth-order valence-corrected chi connectivity index (χ4v) is 4.11. The lowest BCUT2D eigenvalue weighted by Crippen LogP contribution is -2.42. The van der Waals surface area contributed by atoms with Crippen molar-refractivity contribution in [3.05, 3.63) is 70.6 Å². The second-order valence-corrected chi connectivity index (χ2v) is 7.74. The van der Waals surface area contributed by atoms with E-state index >= 15 is 0 Å². The Hall–Kier alpha value is -2.64. The van der Waals surface area contributed by atoms with Crippen LogP contribution in [0.5, 0.6) is 5.75 Å². The SMILES string of the molecule is COC(=O)[C@@H](C)N1C(=O)/C(=C/c2ccccc2OCc2ccccc2)SC1=S. The Morgan fingerprint density at radius 2 is 1.86 bits per heavy atom. The van der Waals surface area contributed by atoms with Gasteiger partial charge in [0.1, 0.15) is 22.7 Å². The molecular formula is C21H19NO4S2. The third kappa shape index (κ3) is 4.43. The highest BCUT2D eigenvalue weighted by molar-refractivity contribution is 8.26. The molecule has 2 aromatic rings. The topological polar surface area (TPSA) is 55.8 Å². The van der Waals surface area contributed by atoms with Crippen molar-refractivity contribution in [3.8, 4) is 5.75 Å². The third-order valence-electron chi connectivity index (χ3n) is 4.20. The summed E-state index contributed by atoms with van der Waals surface area (Å²) in [4.78, 5) is 26.3. The molecule has 1 heterocycles. The van der Waals surface area contributed by atoms with Crippen molar-refractivity contribution >= 4 is 46.3 Å². The van der Waals surface area contributed by atoms with E-state index in [0.717, 1.165) is 22.9 Å². The molecule has 1 aliphatic rings. The minimum absolute atomic E-state index is 0.314. The number of carbonyl (C=O) groups excluding carboxylic acids is 2. The van der Waals surface area contributed by atoms with Crippen molar-refractivity contribution in [2.24, 2.45) is 0 Å². The van der Waals surface area contributed by atoms with E-state index in [9.17, 15) is 9.59 Å². The van der Waals surface area contributed by atoms with Crippen LogP contribution in [0.2, 0.25) is 0 Å². The summed E-state index contributed by atoms with van der Waals surface area (Å²) in [7, 11) is 1.28. The highest BCUT2D eigenvalue weighted by atomic mass is 32.2. The molecule has 1 saturated heterocycles. The number of amides is 1. The first-order valence-corrected chi connectivity index (χ1v) is 9.84. The van der Waals surface area contributed by atoms with Crippen molar-refractivity contribution in [2.75, 3.05) is 7.11 Å². The molecule has 0 bridgehead atoms. The maximum Gasteiger partial charge on any atom is 0.328 e. The molecule has 5 nitrogen and oxygen atoms in total. The van der Waals surface area contributed by atoms with Gasteiger partial charge in [0.05, 0.1) is 12.0 Å². The molecule has 2 aromatic carbocycles. The van der Waals surface area contributed by atoms with Crippen molar-refractivity contribution in [3.63, 3.8) is 0 Å². The fraction of sp³-hybridized carbons (Fsp3) is 0.190. The highest BCUT2D eigenvalue weighted by Gasteiger charge is 2.38. The number of rotatable bonds is 6. The molecule has 0 N–H and O–H groups in total. The molecule has 0 aromatic heterocycles. The standard InChI is InChI=1S/C21H19NO4S2/c1-14(20(24)25-2)22-19(23)18(28-21(22)27)12-16-10-6-7-11-17(16)26-13-15-8-4-3-5-9-15/h3-12,14H,13H2,1-2H3/b18-12-/t14-/m1/s1. The van der Waals surface area contributed by atoms with Crippen LogP contribution < -0.4 is 4.74 Å². The molecule has 0 radical (unpaired) electrons. The van der Waals surface area contributed by atoms with Gasteiger partial charge in [-0.05, 0) is 24.6 Å². The van der Waals surface area contributed by atoms with Gasteiger partial charge in [0.2, 0.25) is 0 Å². The van der Waals surface area contributed by atoms with E-state index in [1.165, 1.54) is 12.0 Å². The molecule has 0 spiro atoms. The lowest BCUT2D eigenvalue weighted by atomic mass is 10.1. The monoisotopic (exact) mass is 413 g/mol. The zero-order chi connectivity index (χ0) is 20.1. The summed E-state index contributed by atoms with van der Waals surface area (Å²) >= 11 is 6.45. The molecular weight excluding hydrogens is 394 g/mol. The predicted molar refractivity (Wildman–Crippen MR) is 114 cm³/mol. The molecule has 28 heavy (non-hydrogen) atoms. The Morgan fingerprint density at radius 1 is 1.18 bits per heavy atom. The molecule has 1 aliphatic heterocycles. The lowest BCUT2D eigenvalue weighted by molar-refractivity contribution is -0.147. The summed E-state index contributed by atoms with van der Waals surface area (Å²) in [6.45, 7) is 2.02. The zero-order valence-electron chi connectivity index (χ0n) is 15.5. The van der Waals surface area contributed by atoms with Crippen molar-refractivity contribution in [1.82, 2.24) is 4.90 Å². The summed E-state index contributed by atoms with van der Waals surface area (Å²) in [6.07, 6.45) is 1.74. The predicted octanol–water partition coefficient (Wildman–Crippen LogP) is 4.03. The van der Waals surface area contributed by atoms with Crippen LogP contribution in [-0.4, -0.2) is 34.2 Å². The highest BCUT2D eigenvalue weighted by Crippen LogP contribution is 2.35. The van der Waals surface area contributed by atoms with Gasteiger partial charge in [-0.1, -0.05) is 72.5 Å². The van der Waals surface area contributed by atoms with Gasteiger partial charge in [-0.25, -0.2) is 4.79 Å². The first-order chi connectivity index (χ1) is 13.5. The molecule has 1 atom stereocenters. The number of ether oxygens (including phenoxy) is 2. The van der Waals surface area contributed by atoms with Crippen LogP contribution in [0.15, 0.2) is 59.5 Å². The van der Waals surface area contributed by atoms with Gasteiger partial charge in [0.15, 0.2) is 0 Å². The van der Waals surface area contributed by atoms with E-state index < -0.39 is 12.0 Å². The van der Waals surface area contributed by atoms with E-state index in [1.54, 1.807) is 13.0 Å². The number of methoxy groups -OCH3 is 1. The number of thiocarbonyl (C=S) groups is 1. The molecule has 0 aliphatic carbocycles. The normalized spacial score (nSPS) is 16.4. The first kappa shape index (κ1) is 20.1. The summed E-state index contributed by atoms with van der Waals surface area (Å²) in [5, 5.41) is 0. The summed E-state index contributed by atoms with van der Waals surface area (Å²) in [5.74, 6) is -0.160. The number of para-hydroxylation sites is 1. The van der Waals surface area contributed by atoms with E-state index in [1.807, 2.05) is 54.6 Å². The third-order valence-corrected chi connectivity index (χ3v) is 5.53. The average Bonchev–Trinajstić information content (AvgIpc) is 3.00. The summed E-state index contributed by atoms with van der Waals surface area (Å²) < 4.78 is 11.0. The van der Waals surface area contributed by atoms with Gasteiger partial charge >= 0.3 is 5.97 Å². The first-order valence-electron chi connectivity index (χ1n) is 8.62. The quantitative estimate of drug-likeness (QED) is 0.405. The van der Waals surface area contributed by atoms with Crippen LogP contribution in [0.1, 0.15) is 18.1 Å². The Labute approximate surface area is 173 Å². The van der Waals surface area contributed by atoms with E-state index in [-0.39, 0.29) is 5.91 Å². The van der Waals surface area contributed by atoms with Gasteiger partial charge in [0.25, 0.3) is 5.91 Å². The minimum atomic E-state index is -0.770. The van der Waals surface area contributed by atoms with Crippen molar-refractivity contribution < 1.29 is 19.1 Å². The van der Waals surface area contributed by atoms with Gasteiger partial charge in [-0.2, -0.15) is 0 Å². The summed E-state index contributed by atoms with van der Waals surface area (Å²) in [5.41, 5.74) is 1.82. The average molecular weight is 414 g/mol. The van der Waals surface area contributed by atoms with Gasteiger partial charge in [-0.15, -0.1) is 0 Å². The van der Waals surface area contributed by atoms with Gasteiger partial charge < -0.3 is 9.47 Å². The Balaban J connectivity index is 1.81. The van der Waals surface area contributed by atoms with Crippen molar-refractivity contribution in [1.29, 1.82) is 0 Å². The molecule has 0 saturated carbocycles. The molecule has 3 rings (SSSR count). The Kier molecular flexibility index (Phi) is 6.49. The molecule has 144 valence electrons. The van der Waals surface area contributed by atoms with E-state index in [4.69, 9.17) is 21.7 Å². The number of hydrogen-bond donors (Lipinski definition) is 0. The van der Waals surface area contributed by atoms with Crippen LogP contribution in [0.4, 0.5) is 0 Å². The van der Waals surface area contributed by atoms with Crippen LogP contribution in [0.25, 0.3) is 6.08 Å². The van der Waals surface area contributed by atoms with Gasteiger partial charge in [0, 0.05) is 5.56 Å². The smallest absolute Gasteiger partial charge is 0.328 e. The van der Waals surface area contributed by atoms with E-state index in [0.29, 0.717) is 21.6 Å². The second kappa shape index (κ2) is 9.03. The number of thioether (sulfide) groups is 1. The number of hydrogen-bond acceptors (Lipinski definition) is 6.